The van der Waals surface area contributed by atoms with Crippen LogP contribution in [-0.4, -0.2) is 26.8 Å². The Kier molecular flexibility index (Phi) is 2.67. The van der Waals surface area contributed by atoms with Crippen molar-refractivity contribution < 1.29 is 13.2 Å². The quantitative estimate of drug-likeness (QED) is 0.852. The van der Waals surface area contributed by atoms with Gasteiger partial charge in [-0.05, 0) is 25.0 Å². The van der Waals surface area contributed by atoms with E-state index < -0.39 is 15.4 Å². The van der Waals surface area contributed by atoms with Gasteiger partial charge in [0.15, 0.2) is 9.84 Å². The second kappa shape index (κ2) is 3.75. The summed E-state index contributed by atoms with van der Waals surface area (Å²) >= 11 is 0. The molecule has 0 atom stereocenters. The Morgan fingerprint density at radius 1 is 1.38 bits per heavy atom. The van der Waals surface area contributed by atoms with Crippen molar-refractivity contribution in [3.63, 3.8) is 0 Å². The van der Waals surface area contributed by atoms with E-state index in [9.17, 15) is 8.42 Å². The van der Waals surface area contributed by atoms with Crippen molar-refractivity contribution in [1.82, 2.24) is 0 Å². The minimum atomic E-state index is -3.35. The molecular weight excluding hydrogens is 226 g/mol. The SMILES string of the molecule is COc1ccccc1S(=O)(=O)CC1(N)CC1. The average molecular weight is 241 g/mol. The molecule has 1 aromatic rings. The maximum atomic E-state index is 12.1. The zero-order valence-electron chi connectivity index (χ0n) is 9.14. The van der Waals surface area contributed by atoms with E-state index in [1.165, 1.54) is 7.11 Å². The van der Waals surface area contributed by atoms with Gasteiger partial charge in [0.1, 0.15) is 10.6 Å². The highest BCUT2D eigenvalue weighted by Crippen LogP contribution is 2.36. The van der Waals surface area contributed by atoms with E-state index in [4.69, 9.17) is 10.5 Å². The number of hydrogen-bond donors (Lipinski definition) is 1. The largest absolute Gasteiger partial charge is 0.495 e. The highest BCUT2D eigenvalue weighted by Gasteiger charge is 2.43. The first-order valence-electron chi connectivity index (χ1n) is 5.12. The fourth-order valence-electron chi connectivity index (χ4n) is 1.64. The lowest BCUT2D eigenvalue weighted by molar-refractivity contribution is 0.402. The molecule has 16 heavy (non-hydrogen) atoms. The van der Waals surface area contributed by atoms with E-state index in [-0.39, 0.29) is 10.6 Å². The molecule has 1 aliphatic carbocycles. The van der Waals surface area contributed by atoms with E-state index in [1.807, 2.05) is 0 Å². The zero-order valence-corrected chi connectivity index (χ0v) is 9.96. The lowest BCUT2D eigenvalue weighted by Gasteiger charge is -2.12. The number of benzene rings is 1. The molecule has 88 valence electrons. The van der Waals surface area contributed by atoms with Crippen LogP contribution in [0.25, 0.3) is 0 Å². The van der Waals surface area contributed by atoms with Gasteiger partial charge in [0, 0.05) is 5.54 Å². The molecule has 0 radical (unpaired) electrons. The summed E-state index contributed by atoms with van der Waals surface area (Å²) in [5.41, 5.74) is 5.33. The van der Waals surface area contributed by atoms with Crippen LogP contribution in [0, 0.1) is 0 Å². The molecule has 0 bridgehead atoms. The van der Waals surface area contributed by atoms with Crippen molar-refractivity contribution in [3.05, 3.63) is 24.3 Å². The van der Waals surface area contributed by atoms with Crippen LogP contribution in [-0.2, 0) is 9.84 Å². The fourth-order valence-corrected chi connectivity index (χ4v) is 3.58. The molecule has 5 heteroatoms. The van der Waals surface area contributed by atoms with Gasteiger partial charge < -0.3 is 10.5 Å². The third-order valence-corrected chi connectivity index (χ3v) is 4.74. The molecule has 1 saturated carbocycles. The maximum absolute atomic E-state index is 12.1. The molecule has 0 heterocycles. The van der Waals surface area contributed by atoms with Crippen LogP contribution in [0.2, 0.25) is 0 Å². The van der Waals surface area contributed by atoms with Gasteiger partial charge in [-0.2, -0.15) is 0 Å². The number of hydrogen-bond acceptors (Lipinski definition) is 4. The number of para-hydroxylation sites is 1. The van der Waals surface area contributed by atoms with E-state index >= 15 is 0 Å². The monoisotopic (exact) mass is 241 g/mol. The Hall–Kier alpha value is -1.07. The summed E-state index contributed by atoms with van der Waals surface area (Å²) in [6.45, 7) is 0. The normalized spacial score (nSPS) is 18.1. The first kappa shape index (κ1) is 11.4. The molecule has 2 N–H and O–H groups in total. The summed E-state index contributed by atoms with van der Waals surface area (Å²) in [5.74, 6) is 0.382. The molecule has 1 aliphatic rings. The summed E-state index contributed by atoms with van der Waals surface area (Å²) in [6.07, 6.45) is 1.56. The third-order valence-electron chi connectivity index (χ3n) is 2.77. The predicted molar refractivity (Wildman–Crippen MR) is 61.2 cm³/mol. The van der Waals surface area contributed by atoms with Crippen LogP contribution in [0.15, 0.2) is 29.2 Å². The van der Waals surface area contributed by atoms with E-state index in [0.29, 0.717) is 5.75 Å². The first-order valence-corrected chi connectivity index (χ1v) is 6.77. The number of rotatable bonds is 4. The van der Waals surface area contributed by atoms with Crippen molar-refractivity contribution in [2.24, 2.45) is 5.73 Å². The molecule has 0 aromatic heterocycles. The third kappa shape index (κ3) is 2.20. The highest BCUT2D eigenvalue weighted by atomic mass is 32.2. The molecule has 0 amide bonds. The van der Waals surface area contributed by atoms with Crippen LogP contribution in [0.3, 0.4) is 0 Å². The fraction of sp³-hybridized carbons (Fsp3) is 0.455. The molecule has 4 nitrogen and oxygen atoms in total. The van der Waals surface area contributed by atoms with Gasteiger partial charge in [-0.25, -0.2) is 8.42 Å². The van der Waals surface area contributed by atoms with Crippen molar-refractivity contribution in [2.75, 3.05) is 12.9 Å². The first-order chi connectivity index (χ1) is 7.47. The number of sulfone groups is 1. The topological polar surface area (TPSA) is 69.4 Å². The Morgan fingerprint density at radius 2 is 2.00 bits per heavy atom. The highest BCUT2D eigenvalue weighted by molar-refractivity contribution is 7.91. The van der Waals surface area contributed by atoms with E-state index in [0.717, 1.165) is 12.8 Å². The van der Waals surface area contributed by atoms with Gasteiger partial charge in [-0.15, -0.1) is 0 Å². The summed E-state index contributed by atoms with van der Waals surface area (Å²) in [7, 11) is -1.89. The molecule has 0 spiro atoms. The Balaban J connectivity index is 2.35. The van der Waals surface area contributed by atoms with Crippen molar-refractivity contribution >= 4 is 9.84 Å². The lowest BCUT2D eigenvalue weighted by Crippen LogP contribution is -2.31. The molecular formula is C11H15NO3S. The second-order valence-corrected chi connectivity index (χ2v) is 6.23. The molecule has 0 saturated heterocycles. The van der Waals surface area contributed by atoms with E-state index in [2.05, 4.69) is 0 Å². The van der Waals surface area contributed by atoms with Crippen molar-refractivity contribution in [1.29, 1.82) is 0 Å². The van der Waals surface area contributed by atoms with Crippen LogP contribution in [0.1, 0.15) is 12.8 Å². The molecule has 1 aromatic carbocycles. The van der Waals surface area contributed by atoms with Gasteiger partial charge in [-0.3, -0.25) is 0 Å². The Bertz CT molecular complexity index is 492. The predicted octanol–water partition coefficient (Wildman–Crippen LogP) is 0.960. The van der Waals surface area contributed by atoms with Gasteiger partial charge >= 0.3 is 0 Å². The molecule has 2 rings (SSSR count). The minimum absolute atomic E-state index is 0.000370. The zero-order chi connectivity index (χ0) is 11.8. The van der Waals surface area contributed by atoms with Crippen LogP contribution < -0.4 is 10.5 Å². The van der Waals surface area contributed by atoms with Crippen LogP contribution >= 0.6 is 0 Å². The number of methoxy groups -OCH3 is 1. The summed E-state index contributed by atoms with van der Waals surface area (Å²) < 4.78 is 29.3. The van der Waals surface area contributed by atoms with Crippen LogP contribution in [0.5, 0.6) is 5.75 Å². The molecule has 0 unspecified atom stereocenters. The standard InChI is InChI=1S/C11H15NO3S/c1-15-9-4-2-3-5-10(9)16(13,14)8-11(12)6-7-11/h2-5H,6-8,12H2,1H3. The second-order valence-electron chi connectivity index (χ2n) is 4.27. The van der Waals surface area contributed by atoms with Gasteiger partial charge in [0.05, 0.1) is 12.9 Å². The Morgan fingerprint density at radius 3 is 2.56 bits per heavy atom. The average Bonchev–Trinajstić information content (AvgIpc) is 2.95. The minimum Gasteiger partial charge on any atom is -0.495 e. The summed E-state index contributed by atoms with van der Waals surface area (Å²) in [5, 5.41) is 0. The summed E-state index contributed by atoms with van der Waals surface area (Å²) in [6, 6.07) is 6.63. The van der Waals surface area contributed by atoms with Crippen LogP contribution in [0.4, 0.5) is 0 Å². The smallest absolute Gasteiger partial charge is 0.183 e. The molecule has 0 aliphatic heterocycles. The van der Waals surface area contributed by atoms with Crippen molar-refractivity contribution in [2.45, 2.75) is 23.3 Å². The Labute approximate surface area is 95.3 Å². The van der Waals surface area contributed by atoms with Gasteiger partial charge in [-0.1, -0.05) is 12.1 Å². The van der Waals surface area contributed by atoms with Gasteiger partial charge in [0.2, 0.25) is 0 Å². The summed E-state index contributed by atoms with van der Waals surface area (Å²) in [4.78, 5) is 0.231. The number of nitrogens with two attached hydrogens (primary N) is 1. The van der Waals surface area contributed by atoms with Gasteiger partial charge in [0.25, 0.3) is 0 Å². The maximum Gasteiger partial charge on any atom is 0.183 e. The lowest BCUT2D eigenvalue weighted by atomic mass is 10.3. The molecule has 1 fully saturated rings. The number of ether oxygens (including phenoxy) is 1. The van der Waals surface area contributed by atoms with Crippen molar-refractivity contribution in [3.8, 4) is 5.75 Å². The van der Waals surface area contributed by atoms with E-state index in [1.54, 1.807) is 24.3 Å².